The molecule has 1 aliphatic carbocycles. The zero-order valence-corrected chi connectivity index (χ0v) is 29.8. The van der Waals surface area contributed by atoms with Gasteiger partial charge in [0.2, 0.25) is 0 Å². The highest BCUT2D eigenvalue weighted by molar-refractivity contribution is 6.14. The molecule has 0 aliphatic heterocycles. The van der Waals surface area contributed by atoms with Gasteiger partial charge in [-0.2, -0.15) is 0 Å². The molecule has 9 aromatic rings. The summed E-state index contributed by atoms with van der Waals surface area (Å²) in [5.41, 5.74) is 17.3. The lowest BCUT2D eigenvalue weighted by atomic mass is 9.82. The zero-order chi connectivity index (χ0) is 35.5. The molecule has 0 atom stereocenters. The van der Waals surface area contributed by atoms with Crippen LogP contribution in [0.2, 0.25) is 0 Å². The topological polar surface area (TPSA) is 16.4 Å². The summed E-state index contributed by atoms with van der Waals surface area (Å²) >= 11 is 0. The van der Waals surface area contributed by atoms with Crippen LogP contribution in [0.5, 0.6) is 0 Å². The number of para-hydroxylation sites is 3. The van der Waals surface area contributed by atoms with Crippen molar-refractivity contribution in [2.45, 2.75) is 19.3 Å². The fourth-order valence-corrected chi connectivity index (χ4v) is 8.69. The molecule has 8 aromatic carbocycles. The molecule has 1 aliphatic rings. The minimum absolute atomic E-state index is 0.145. The van der Waals surface area contributed by atoms with E-state index in [0.717, 1.165) is 55.7 Å². The predicted molar refractivity (Wildman–Crippen MR) is 222 cm³/mol. The Balaban J connectivity index is 1.30. The quantitative estimate of drug-likeness (QED) is 0.174. The van der Waals surface area contributed by atoms with Crippen LogP contribution in [0.25, 0.3) is 66.4 Å². The van der Waals surface area contributed by atoms with Crippen LogP contribution in [-0.2, 0) is 5.41 Å². The average molecular weight is 680 g/mol. The lowest BCUT2D eigenvalue weighted by molar-refractivity contribution is 0.660. The van der Waals surface area contributed by atoms with Crippen LogP contribution in [0.15, 0.2) is 192 Å². The van der Waals surface area contributed by atoms with Gasteiger partial charge in [0.1, 0.15) is 11.2 Å². The summed E-state index contributed by atoms with van der Waals surface area (Å²) in [6.07, 6.45) is 0. The first-order chi connectivity index (χ1) is 26.1. The van der Waals surface area contributed by atoms with E-state index in [4.69, 9.17) is 4.42 Å². The number of nitrogens with zero attached hydrogens (tertiary/aromatic N) is 1. The van der Waals surface area contributed by atoms with E-state index < -0.39 is 0 Å². The summed E-state index contributed by atoms with van der Waals surface area (Å²) < 4.78 is 6.43. The largest absolute Gasteiger partial charge is 0.456 e. The standard InChI is InChI=1S/C51H37NO/c1-51(2)42-27-12-8-24-40(42)50-43(51)28-17-31-46(50)52(44-29-13-9-22-37(44)36-21-7-6-20-35(36)34-18-4-3-5-19-34)45-30-14-10-23-38(45)39-26-16-33-48-49(39)41-25-11-15-32-47(41)53-48/h3-33H,1-2H3. The lowest BCUT2D eigenvalue weighted by Crippen LogP contribution is -2.16. The van der Waals surface area contributed by atoms with Gasteiger partial charge in [0.25, 0.3) is 0 Å². The van der Waals surface area contributed by atoms with E-state index in [9.17, 15) is 0 Å². The summed E-state index contributed by atoms with van der Waals surface area (Å²) in [4.78, 5) is 2.52. The Morgan fingerprint density at radius 1 is 0.377 bits per heavy atom. The Bertz CT molecular complexity index is 2820. The molecule has 0 spiro atoms. The van der Waals surface area contributed by atoms with Gasteiger partial charge in [0.05, 0.1) is 17.1 Å². The molecule has 0 fully saturated rings. The second-order valence-corrected chi connectivity index (χ2v) is 14.4. The van der Waals surface area contributed by atoms with E-state index in [2.05, 4.69) is 201 Å². The summed E-state index contributed by atoms with van der Waals surface area (Å²) in [6.45, 7) is 4.71. The smallest absolute Gasteiger partial charge is 0.136 e. The third kappa shape index (κ3) is 4.87. The summed E-state index contributed by atoms with van der Waals surface area (Å²) in [7, 11) is 0. The maximum atomic E-state index is 6.43. The van der Waals surface area contributed by atoms with Gasteiger partial charge in [-0.25, -0.2) is 0 Å². The first kappa shape index (κ1) is 31.1. The van der Waals surface area contributed by atoms with Crippen LogP contribution in [0.3, 0.4) is 0 Å². The minimum Gasteiger partial charge on any atom is -0.456 e. The van der Waals surface area contributed by atoms with Crippen molar-refractivity contribution in [2.24, 2.45) is 0 Å². The maximum absolute atomic E-state index is 6.43. The second-order valence-electron chi connectivity index (χ2n) is 14.4. The van der Waals surface area contributed by atoms with E-state index in [1.165, 1.54) is 38.9 Å². The lowest BCUT2D eigenvalue weighted by Gasteiger charge is -2.32. The third-order valence-electron chi connectivity index (χ3n) is 11.1. The number of hydrogen-bond donors (Lipinski definition) is 0. The molecule has 0 bridgehead atoms. The second kappa shape index (κ2) is 12.3. The highest BCUT2D eigenvalue weighted by Gasteiger charge is 2.38. The SMILES string of the molecule is CC1(C)c2ccccc2-c2c(N(c3ccccc3-c3ccccc3-c3ccccc3)c3ccccc3-c3cccc4oc5ccccc5c34)cccc21. The molecule has 53 heavy (non-hydrogen) atoms. The van der Waals surface area contributed by atoms with Crippen LogP contribution >= 0.6 is 0 Å². The van der Waals surface area contributed by atoms with E-state index in [0.29, 0.717) is 0 Å². The number of anilines is 3. The molecule has 252 valence electrons. The van der Waals surface area contributed by atoms with E-state index in [1.807, 2.05) is 6.07 Å². The molecule has 0 saturated heterocycles. The van der Waals surface area contributed by atoms with Crippen LogP contribution in [0.1, 0.15) is 25.0 Å². The van der Waals surface area contributed by atoms with Crippen molar-refractivity contribution in [3.8, 4) is 44.5 Å². The van der Waals surface area contributed by atoms with Crippen molar-refractivity contribution in [1.29, 1.82) is 0 Å². The number of benzene rings is 8. The third-order valence-corrected chi connectivity index (χ3v) is 11.1. The molecule has 0 N–H and O–H groups in total. The Kier molecular flexibility index (Phi) is 7.19. The molecule has 1 heterocycles. The maximum Gasteiger partial charge on any atom is 0.136 e. The molecule has 2 nitrogen and oxygen atoms in total. The Hall–Kier alpha value is -6.64. The van der Waals surface area contributed by atoms with E-state index >= 15 is 0 Å². The van der Waals surface area contributed by atoms with Crippen molar-refractivity contribution in [1.82, 2.24) is 0 Å². The monoisotopic (exact) mass is 679 g/mol. The van der Waals surface area contributed by atoms with Crippen molar-refractivity contribution in [3.63, 3.8) is 0 Å². The number of fused-ring (bicyclic) bond motifs is 6. The van der Waals surface area contributed by atoms with Gasteiger partial charge < -0.3 is 9.32 Å². The Labute approximate surface area is 310 Å². The van der Waals surface area contributed by atoms with Crippen LogP contribution in [0.4, 0.5) is 17.1 Å². The molecule has 0 unspecified atom stereocenters. The molecule has 0 radical (unpaired) electrons. The highest BCUT2D eigenvalue weighted by Crippen LogP contribution is 2.56. The first-order valence-corrected chi connectivity index (χ1v) is 18.4. The highest BCUT2D eigenvalue weighted by atomic mass is 16.3. The molecule has 0 saturated carbocycles. The minimum atomic E-state index is -0.145. The molecule has 0 amide bonds. The number of furan rings is 1. The van der Waals surface area contributed by atoms with Gasteiger partial charge in [0, 0.05) is 32.9 Å². The summed E-state index contributed by atoms with van der Waals surface area (Å²) in [6, 6.07) is 67.9. The normalized spacial score (nSPS) is 12.9. The van der Waals surface area contributed by atoms with Gasteiger partial charge in [-0.15, -0.1) is 0 Å². The molecule has 1 aromatic heterocycles. The fourth-order valence-electron chi connectivity index (χ4n) is 8.69. The number of hydrogen-bond acceptors (Lipinski definition) is 2. The van der Waals surface area contributed by atoms with Crippen LogP contribution < -0.4 is 4.90 Å². The van der Waals surface area contributed by atoms with E-state index in [1.54, 1.807) is 0 Å². The zero-order valence-electron chi connectivity index (χ0n) is 29.8. The molecule has 10 rings (SSSR count). The van der Waals surface area contributed by atoms with Crippen LogP contribution in [-0.4, -0.2) is 0 Å². The van der Waals surface area contributed by atoms with Crippen molar-refractivity contribution in [3.05, 3.63) is 199 Å². The van der Waals surface area contributed by atoms with Gasteiger partial charge >= 0.3 is 0 Å². The van der Waals surface area contributed by atoms with Gasteiger partial charge in [-0.3, -0.25) is 0 Å². The van der Waals surface area contributed by atoms with E-state index in [-0.39, 0.29) is 5.41 Å². The van der Waals surface area contributed by atoms with Gasteiger partial charge in [-0.1, -0.05) is 172 Å². The van der Waals surface area contributed by atoms with Gasteiger partial charge in [0.15, 0.2) is 0 Å². The van der Waals surface area contributed by atoms with Crippen molar-refractivity contribution >= 4 is 39.0 Å². The predicted octanol–water partition coefficient (Wildman–Crippen LogP) is 14.4. The van der Waals surface area contributed by atoms with Crippen molar-refractivity contribution < 1.29 is 4.42 Å². The number of rotatable bonds is 6. The first-order valence-electron chi connectivity index (χ1n) is 18.4. The van der Waals surface area contributed by atoms with Gasteiger partial charge in [-0.05, 0) is 69.3 Å². The average Bonchev–Trinajstić information content (AvgIpc) is 3.71. The molecule has 2 heteroatoms. The van der Waals surface area contributed by atoms with Crippen molar-refractivity contribution in [2.75, 3.05) is 4.90 Å². The summed E-state index contributed by atoms with van der Waals surface area (Å²) in [5, 5.41) is 2.25. The van der Waals surface area contributed by atoms with Crippen LogP contribution in [0, 0.1) is 0 Å². The fraction of sp³-hybridized carbons (Fsp3) is 0.0588. The summed E-state index contributed by atoms with van der Waals surface area (Å²) in [5.74, 6) is 0. The Morgan fingerprint density at radius 3 is 1.66 bits per heavy atom. The molecular weight excluding hydrogens is 643 g/mol. The Morgan fingerprint density at radius 2 is 0.887 bits per heavy atom. The molecular formula is C51H37NO.